The number of carbonyl (C=O) groups excluding carboxylic acids is 3. The number of hydrogen-bond acceptors (Lipinski definition) is 5. The Hall–Kier alpha value is -3.60. The molecule has 0 spiro atoms. The van der Waals surface area contributed by atoms with Crippen LogP contribution in [0.15, 0.2) is 48.5 Å². The Kier molecular flexibility index (Phi) is 10.9. The lowest BCUT2D eigenvalue weighted by molar-refractivity contribution is -0.174. The molecule has 8 nitrogen and oxygen atoms in total. The van der Waals surface area contributed by atoms with Crippen LogP contribution in [0.1, 0.15) is 71.4 Å². The maximum absolute atomic E-state index is 13.8. The summed E-state index contributed by atoms with van der Waals surface area (Å²) in [5.41, 5.74) is 4.02. The largest absolute Gasteiger partial charge is 0.491 e. The molecule has 0 radical (unpaired) electrons. The smallest absolute Gasteiger partial charge is 0.472 e. The van der Waals surface area contributed by atoms with Crippen molar-refractivity contribution in [2.75, 3.05) is 19.8 Å². The lowest BCUT2D eigenvalue weighted by Gasteiger charge is -2.39. The predicted octanol–water partition coefficient (Wildman–Crippen LogP) is 5.44. The number of nitrogens with zero attached hydrogens (tertiary/aromatic N) is 1. The number of benzene rings is 2. The van der Waals surface area contributed by atoms with Crippen LogP contribution in [0, 0.1) is 5.41 Å². The average Bonchev–Trinajstić information content (AvgIpc) is 3.11. The maximum Gasteiger partial charge on any atom is 0.472 e. The van der Waals surface area contributed by atoms with Crippen molar-refractivity contribution in [3.05, 3.63) is 65.2 Å². The standard InChI is InChI=1S/C25H26F3N3O5.C2H6.CH4.2H2/c1-24(9-11-35-12-10-24)23(34)31-14-18-8-7-17(21(32)29-30-22(33)25(26,27)28)13-20(18)36-15-19(31)16-5-3-2-4-6-16;1-2;;;/h2-8,13,19H,9-12,14-15H2,1H3,(H,29,32)(H,30,33);1-2H3;1H4;2*1H/t19-;;;;/m1..../s1. The van der Waals surface area contributed by atoms with Crippen LogP contribution < -0.4 is 15.6 Å². The van der Waals surface area contributed by atoms with Gasteiger partial charge in [0.05, 0.1) is 18.0 Å². The Labute approximate surface area is 229 Å². The summed E-state index contributed by atoms with van der Waals surface area (Å²) >= 11 is 0. The Morgan fingerprint density at radius 3 is 2.28 bits per heavy atom. The van der Waals surface area contributed by atoms with Gasteiger partial charge in [0, 0.05) is 27.2 Å². The lowest BCUT2D eigenvalue weighted by atomic mass is 9.80. The molecule has 1 atom stereocenters. The molecule has 2 aliphatic heterocycles. The van der Waals surface area contributed by atoms with Gasteiger partial charge in [-0.1, -0.05) is 64.6 Å². The Morgan fingerprint density at radius 1 is 1.03 bits per heavy atom. The highest BCUT2D eigenvalue weighted by Crippen LogP contribution is 2.39. The number of ether oxygens (including phenoxy) is 2. The number of nitrogens with one attached hydrogen (secondary N) is 2. The van der Waals surface area contributed by atoms with Crippen molar-refractivity contribution >= 4 is 17.7 Å². The molecule has 39 heavy (non-hydrogen) atoms. The minimum absolute atomic E-state index is 0. The SMILES string of the molecule is C.CC.CC1(C(=O)N2Cc3ccc(C(=O)NNC(=O)C(F)(F)F)cc3OC[C@@H]2c2ccccc2)CCOCC1.[HH].[HH]. The second kappa shape index (κ2) is 13.5. The summed E-state index contributed by atoms with van der Waals surface area (Å²) in [5, 5.41) is 0. The zero-order chi connectivity index (χ0) is 27.9. The lowest BCUT2D eigenvalue weighted by Crippen LogP contribution is -2.47. The number of alkyl halides is 3. The van der Waals surface area contributed by atoms with Gasteiger partial charge in [0.1, 0.15) is 12.4 Å². The summed E-state index contributed by atoms with van der Waals surface area (Å²) in [6.07, 6.45) is -3.94. The third-order valence-corrected chi connectivity index (χ3v) is 6.55. The Balaban J connectivity index is 0.00000313. The number of hydrazine groups is 1. The van der Waals surface area contributed by atoms with Crippen molar-refractivity contribution in [1.82, 2.24) is 15.8 Å². The monoisotopic (exact) mass is 555 g/mol. The fourth-order valence-electron chi connectivity index (χ4n) is 4.32. The van der Waals surface area contributed by atoms with E-state index in [-0.39, 0.29) is 34.9 Å². The maximum atomic E-state index is 13.8. The molecule has 0 saturated carbocycles. The number of hydrogen-bond donors (Lipinski definition) is 2. The summed E-state index contributed by atoms with van der Waals surface area (Å²) < 4.78 is 48.7. The number of halogens is 3. The first kappa shape index (κ1) is 31.6. The molecule has 218 valence electrons. The molecule has 0 unspecified atom stereocenters. The van der Waals surface area contributed by atoms with E-state index in [2.05, 4.69) is 0 Å². The van der Waals surface area contributed by atoms with Gasteiger partial charge in [-0.05, 0) is 30.5 Å². The molecule has 1 fully saturated rings. The fraction of sp³-hybridized carbons (Fsp3) is 0.464. The van der Waals surface area contributed by atoms with E-state index in [1.807, 2.05) is 51.1 Å². The molecular weight excluding hydrogens is 515 g/mol. The molecule has 2 heterocycles. The molecule has 2 aliphatic rings. The summed E-state index contributed by atoms with van der Waals surface area (Å²) in [4.78, 5) is 38.9. The molecule has 4 rings (SSSR count). The molecule has 0 bridgehead atoms. The number of carbonyl (C=O) groups is 3. The van der Waals surface area contributed by atoms with Crippen molar-refractivity contribution in [3.8, 4) is 5.75 Å². The van der Waals surface area contributed by atoms with Gasteiger partial charge in [0.15, 0.2) is 0 Å². The first-order valence-corrected chi connectivity index (χ1v) is 12.5. The number of amides is 3. The van der Waals surface area contributed by atoms with Crippen LogP contribution in [0.4, 0.5) is 13.2 Å². The fourth-order valence-corrected chi connectivity index (χ4v) is 4.32. The van der Waals surface area contributed by atoms with E-state index in [4.69, 9.17) is 9.47 Å². The van der Waals surface area contributed by atoms with Gasteiger partial charge in [-0.15, -0.1) is 0 Å². The van der Waals surface area contributed by atoms with Gasteiger partial charge < -0.3 is 14.4 Å². The molecule has 2 N–H and O–H groups in total. The highest BCUT2D eigenvalue weighted by atomic mass is 19.4. The minimum Gasteiger partial charge on any atom is -0.491 e. The molecule has 0 aliphatic carbocycles. The van der Waals surface area contributed by atoms with Gasteiger partial charge in [-0.3, -0.25) is 25.2 Å². The second-order valence-electron chi connectivity index (χ2n) is 9.07. The zero-order valence-corrected chi connectivity index (χ0v) is 21.6. The average molecular weight is 556 g/mol. The normalized spacial score (nSPS) is 18.0. The van der Waals surface area contributed by atoms with E-state index in [9.17, 15) is 27.6 Å². The predicted molar refractivity (Wildman–Crippen MR) is 144 cm³/mol. The van der Waals surface area contributed by atoms with Crippen LogP contribution >= 0.6 is 0 Å². The molecular formula is C28H40F3N3O5. The molecule has 0 aromatic heterocycles. The summed E-state index contributed by atoms with van der Waals surface area (Å²) in [6.45, 7) is 7.28. The number of fused-ring (bicyclic) bond motifs is 1. The van der Waals surface area contributed by atoms with Gasteiger partial charge in [0.25, 0.3) is 5.91 Å². The van der Waals surface area contributed by atoms with Crippen molar-refractivity contribution in [2.24, 2.45) is 5.41 Å². The number of rotatable bonds is 3. The summed E-state index contributed by atoms with van der Waals surface area (Å²) in [6, 6.07) is 13.5. The molecule has 3 amide bonds. The van der Waals surface area contributed by atoms with E-state index in [1.54, 1.807) is 16.4 Å². The van der Waals surface area contributed by atoms with Gasteiger partial charge >= 0.3 is 12.1 Å². The quantitative estimate of drug-likeness (QED) is 0.492. The van der Waals surface area contributed by atoms with Gasteiger partial charge in [-0.25, -0.2) is 0 Å². The Bertz CT molecular complexity index is 1150. The van der Waals surface area contributed by atoms with E-state index in [1.165, 1.54) is 17.6 Å². The Morgan fingerprint density at radius 2 is 1.67 bits per heavy atom. The summed E-state index contributed by atoms with van der Waals surface area (Å²) in [5.74, 6) is -2.92. The van der Waals surface area contributed by atoms with Crippen molar-refractivity contribution in [1.29, 1.82) is 0 Å². The first-order valence-electron chi connectivity index (χ1n) is 12.5. The van der Waals surface area contributed by atoms with Crippen molar-refractivity contribution in [3.63, 3.8) is 0 Å². The molecule has 2 aromatic rings. The van der Waals surface area contributed by atoms with Crippen molar-refractivity contribution in [2.45, 2.75) is 59.8 Å². The van der Waals surface area contributed by atoms with E-state index < -0.39 is 29.4 Å². The van der Waals surface area contributed by atoms with Crippen LogP contribution in [0.3, 0.4) is 0 Å². The van der Waals surface area contributed by atoms with Crippen LogP contribution in [0.5, 0.6) is 5.75 Å². The topological polar surface area (TPSA) is 97.0 Å². The molecule has 2 aromatic carbocycles. The van der Waals surface area contributed by atoms with Crippen LogP contribution in [0.25, 0.3) is 0 Å². The van der Waals surface area contributed by atoms with Gasteiger partial charge in [0.2, 0.25) is 5.91 Å². The molecule has 1 saturated heterocycles. The minimum atomic E-state index is -5.13. The summed E-state index contributed by atoms with van der Waals surface area (Å²) in [7, 11) is 0. The third-order valence-electron chi connectivity index (χ3n) is 6.55. The third kappa shape index (κ3) is 7.50. The first-order chi connectivity index (χ1) is 18.1. The van der Waals surface area contributed by atoms with E-state index in [0.717, 1.165) is 5.56 Å². The van der Waals surface area contributed by atoms with Gasteiger partial charge in [-0.2, -0.15) is 13.2 Å². The van der Waals surface area contributed by atoms with E-state index in [0.29, 0.717) is 37.4 Å². The van der Waals surface area contributed by atoms with Crippen LogP contribution in [0.2, 0.25) is 0 Å². The van der Waals surface area contributed by atoms with E-state index >= 15 is 0 Å². The van der Waals surface area contributed by atoms with Crippen LogP contribution in [-0.2, 0) is 20.9 Å². The molecule has 11 heteroatoms. The highest BCUT2D eigenvalue weighted by Gasteiger charge is 2.42. The zero-order valence-electron chi connectivity index (χ0n) is 21.6. The van der Waals surface area contributed by atoms with Crippen LogP contribution in [-0.4, -0.2) is 48.6 Å². The van der Waals surface area contributed by atoms with Crippen molar-refractivity contribution < 1.29 is 39.9 Å². The highest BCUT2D eigenvalue weighted by molar-refractivity contribution is 5.96. The second-order valence-corrected chi connectivity index (χ2v) is 9.07.